The first kappa shape index (κ1) is 22.2. The Bertz CT molecular complexity index is 808. The molecule has 0 aromatic heterocycles. The standard InChI is InChI=1S/C22H29N3O4/c1-5-29-19-11-9-17(10-12-19)14-25(3)22(27)16-24(2)15-21(26)23-18-7-6-8-20(13-18)28-4/h6-13H,5,14-16H2,1-4H3,(H,23,26). The summed E-state index contributed by atoms with van der Waals surface area (Å²) in [5.41, 5.74) is 1.67. The van der Waals surface area contributed by atoms with Crippen molar-refractivity contribution in [3.05, 3.63) is 54.1 Å². The lowest BCUT2D eigenvalue weighted by atomic mass is 10.2. The van der Waals surface area contributed by atoms with Crippen LogP contribution in [-0.2, 0) is 16.1 Å². The van der Waals surface area contributed by atoms with Gasteiger partial charge in [0.1, 0.15) is 11.5 Å². The van der Waals surface area contributed by atoms with Crippen molar-refractivity contribution in [1.29, 1.82) is 0 Å². The number of benzene rings is 2. The first-order valence-corrected chi connectivity index (χ1v) is 9.49. The Morgan fingerprint density at radius 2 is 1.72 bits per heavy atom. The maximum atomic E-state index is 12.5. The van der Waals surface area contributed by atoms with Gasteiger partial charge in [-0.15, -0.1) is 0 Å². The molecule has 2 rings (SSSR count). The van der Waals surface area contributed by atoms with Crippen LogP contribution in [0.2, 0.25) is 0 Å². The van der Waals surface area contributed by atoms with Gasteiger partial charge in [-0.3, -0.25) is 14.5 Å². The number of methoxy groups -OCH3 is 1. The lowest BCUT2D eigenvalue weighted by molar-refractivity contribution is -0.131. The summed E-state index contributed by atoms with van der Waals surface area (Å²) in [5, 5.41) is 2.81. The van der Waals surface area contributed by atoms with Crippen molar-refractivity contribution in [1.82, 2.24) is 9.80 Å². The molecule has 1 N–H and O–H groups in total. The molecule has 0 spiro atoms. The monoisotopic (exact) mass is 399 g/mol. The van der Waals surface area contributed by atoms with Crippen molar-refractivity contribution >= 4 is 17.5 Å². The molecule has 0 aliphatic heterocycles. The zero-order valence-corrected chi connectivity index (χ0v) is 17.5. The van der Waals surface area contributed by atoms with E-state index in [0.717, 1.165) is 11.3 Å². The van der Waals surface area contributed by atoms with Gasteiger partial charge in [-0.2, -0.15) is 0 Å². The number of ether oxygens (including phenoxy) is 2. The summed E-state index contributed by atoms with van der Waals surface area (Å²) in [7, 11) is 5.07. The molecule has 7 heteroatoms. The van der Waals surface area contributed by atoms with Gasteiger partial charge >= 0.3 is 0 Å². The summed E-state index contributed by atoms with van der Waals surface area (Å²) < 4.78 is 10.6. The first-order chi connectivity index (χ1) is 13.9. The molecule has 2 amide bonds. The zero-order chi connectivity index (χ0) is 21.2. The third-order valence-corrected chi connectivity index (χ3v) is 4.25. The fraction of sp³-hybridized carbons (Fsp3) is 0.364. The minimum atomic E-state index is -0.192. The van der Waals surface area contributed by atoms with Gasteiger partial charge in [0.2, 0.25) is 11.8 Å². The van der Waals surface area contributed by atoms with Crippen molar-refractivity contribution in [3.63, 3.8) is 0 Å². The molecule has 0 atom stereocenters. The Balaban J connectivity index is 1.80. The molecule has 7 nitrogen and oxygen atoms in total. The fourth-order valence-corrected chi connectivity index (χ4v) is 2.77. The number of rotatable bonds is 10. The van der Waals surface area contributed by atoms with Crippen LogP contribution in [-0.4, -0.2) is 62.5 Å². The zero-order valence-electron chi connectivity index (χ0n) is 17.5. The van der Waals surface area contributed by atoms with E-state index in [9.17, 15) is 9.59 Å². The van der Waals surface area contributed by atoms with Crippen molar-refractivity contribution in [2.75, 3.05) is 46.2 Å². The highest BCUT2D eigenvalue weighted by molar-refractivity contribution is 5.92. The molecule has 29 heavy (non-hydrogen) atoms. The average molecular weight is 399 g/mol. The van der Waals surface area contributed by atoms with E-state index in [1.165, 1.54) is 0 Å². The summed E-state index contributed by atoms with van der Waals surface area (Å²) in [6.07, 6.45) is 0. The van der Waals surface area contributed by atoms with Gasteiger partial charge in [0.25, 0.3) is 0 Å². The number of likely N-dealkylation sites (N-methyl/N-ethyl adjacent to an activating group) is 2. The van der Waals surface area contributed by atoms with Gasteiger partial charge in [-0.25, -0.2) is 0 Å². The third kappa shape index (κ3) is 7.46. The number of nitrogens with zero attached hydrogens (tertiary/aromatic N) is 2. The minimum Gasteiger partial charge on any atom is -0.497 e. The van der Waals surface area contributed by atoms with E-state index in [-0.39, 0.29) is 24.9 Å². The van der Waals surface area contributed by atoms with E-state index in [1.807, 2.05) is 31.2 Å². The van der Waals surface area contributed by atoms with Crippen LogP contribution in [0.15, 0.2) is 48.5 Å². The normalized spacial score (nSPS) is 10.5. The Morgan fingerprint density at radius 1 is 1.00 bits per heavy atom. The Kier molecular flexibility index (Phi) is 8.48. The summed E-state index contributed by atoms with van der Waals surface area (Å²) in [5.74, 6) is 1.23. The molecule has 2 aromatic rings. The van der Waals surface area contributed by atoms with E-state index >= 15 is 0 Å². The fourth-order valence-electron chi connectivity index (χ4n) is 2.77. The van der Waals surface area contributed by atoms with Gasteiger partial charge in [-0.1, -0.05) is 18.2 Å². The number of carbonyl (C=O) groups excluding carboxylic acids is 2. The van der Waals surface area contributed by atoms with Crippen LogP contribution in [0.25, 0.3) is 0 Å². The predicted octanol–water partition coefficient (Wildman–Crippen LogP) is 2.62. The summed E-state index contributed by atoms with van der Waals surface area (Å²) in [4.78, 5) is 28.0. The van der Waals surface area contributed by atoms with E-state index in [2.05, 4.69) is 5.32 Å². The number of nitrogens with one attached hydrogen (secondary N) is 1. The summed E-state index contributed by atoms with van der Waals surface area (Å²) >= 11 is 0. The predicted molar refractivity (Wildman–Crippen MR) is 113 cm³/mol. The molecule has 156 valence electrons. The molecule has 2 aromatic carbocycles. The van der Waals surface area contributed by atoms with Crippen molar-refractivity contribution in [2.24, 2.45) is 0 Å². The highest BCUT2D eigenvalue weighted by Gasteiger charge is 2.15. The van der Waals surface area contributed by atoms with Gasteiger partial charge in [0, 0.05) is 25.3 Å². The second-order valence-electron chi connectivity index (χ2n) is 6.78. The SMILES string of the molecule is CCOc1ccc(CN(C)C(=O)CN(C)CC(=O)Nc2cccc(OC)c2)cc1. The number of hydrogen-bond acceptors (Lipinski definition) is 5. The number of anilines is 1. The lowest BCUT2D eigenvalue weighted by Gasteiger charge is -2.22. The van der Waals surface area contributed by atoms with Crippen LogP contribution >= 0.6 is 0 Å². The average Bonchev–Trinajstić information content (AvgIpc) is 2.69. The molecule has 0 aliphatic carbocycles. The molecular weight excluding hydrogens is 370 g/mol. The van der Waals surface area contributed by atoms with Gasteiger partial charge in [0.15, 0.2) is 0 Å². The molecule has 0 heterocycles. The van der Waals surface area contributed by atoms with Crippen LogP contribution in [0, 0.1) is 0 Å². The quantitative estimate of drug-likeness (QED) is 0.665. The number of hydrogen-bond donors (Lipinski definition) is 1. The highest BCUT2D eigenvalue weighted by atomic mass is 16.5. The largest absolute Gasteiger partial charge is 0.497 e. The molecule has 0 bridgehead atoms. The second kappa shape index (κ2) is 11.1. The van der Waals surface area contributed by atoms with Gasteiger partial charge in [-0.05, 0) is 43.8 Å². The molecular formula is C22H29N3O4. The number of amides is 2. The molecule has 0 unspecified atom stereocenters. The maximum Gasteiger partial charge on any atom is 0.238 e. The Hall–Kier alpha value is -3.06. The highest BCUT2D eigenvalue weighted by Crippen LogP contribution is 2.16. The van der Waals surface area contributed by atoms with E-state index in [1.54, 1.807) is 55.3 Å². The molecule has 0 saturated carbocycles. The van der Waals surface area contributed by atoms with Crippen LogP contribution < -0.4 is 14.8 Å². The van der Waals surface area contributed by atoms with Crippen LogP contribution in [0.3, 0.4) is 0 Å². The smallest absolute Gasteiger partial charge is 0.238 e. The van der Waals surface area contributed by atoms with E-state index in [0.29, 0.717) is 24.6 Å². The maximum absolute atomic E-state index is 12.5. The Morgan fingerprint density at radius 3 is 2.38 bits per heavy atom. The van der Waals surface area contributed by atoms with Crippen LogP contribution in [0.4, 0.5) is 5.69 Å². The van der Waals surface area contributed by atoms with Crippen molar-refractivity contribution in [3.8, 4) is 11.5 Å². The second-order valence-corrected chi connectivity index (χ2v) is 6.78. The third-order valence-electron chi connectivity index (χ3n) is 4.25. The topological polar surface area (TPSA) is 71.1 Å². The van der Waals surface area contributed by atoms with E-state index < -0.39 is 0 Å². The minimum absolute atomic E-state index is 0.0597. The molecule has 0 saturated heterocycles. The number of carbonyl (C=O) groups is 2. The van der Waals surface area contributed by atoms with Crippen LogP contribution in [0.5, 0.6) is 11.5 Å². The molecule has 0 aliphatic rings. The summed E-state index contributed by atoms with van der Waals surface area (Å²) in [6.45, 7) is 3.32. The van der Waals surface area contributed by atoms with Gasteiger partial charge in [0.05, 0.1) is 26.8 Å². The Labute approximate surface area is 172 Å². The summed E-state index contributed by atoms with van der Waals surface area (Å²) in [6, 6.07) is 14.8. The first-order valence-electron chi connectivity index (χ1n) is 9.49. The van der Waals surface area contributed by atoms with Crippen molar-refractivity contribution in [2.45, 2.75) is 13.5 Å². The van der Waals surface area contributed by atoms with Crippen molar-refractivity contribution < 1.29 is 19.1 Å². The lowest BCUT2D eigenvalue weighted by Crippen LogP contribution is -2.39. The molecule has 0 radical (unpaired) electrons. The van der Waals surface area contributed by atoms with Gasteiger partial charge < -0.3 is 19.7 Å². The molecule has 0 fully saturated rings. The van der Waals surface area contributed by atoms with E-state index in [4.69, 9.17) is 9.47 Å². The van der Waals surface area contributed by atoms with Crippen LogP contribution in [0.1, 0.15) is 12.5 Å².